The molecule has 0 aromatic carbocycles. The molecule has 120 valence electrons. The average molecular weight is 298 g/mol. The number of amides is 1. The first-order valence-electron chi connectivity index (χ1n) is 7.70. The van der Waals surface area contributed by atoms with Gasteiger partial charge in [-0.3, -0.25) is 9.59 Å². The van der Waals surface area contributed by atoms with Gasteiger partial charge in [-0.1, -0.05) is 6.92 Å². The molecule has 0 unspecified atom stereocenters. The van der Waals surface area contributed by atoms with Gasteiger partial charge in [0.15, 0.2) is 0 Å². The van der Waals surface area contributed by atoms with Crippen LogP contribution in [0.25, 0.3) is 0 Å². The maximum Gasteiger partial charge on any atom is 0.311 e. The topological polar surface area (TPSA) is 87.7 Å². The van der Waals surface area contributed by atoms with E-state index in [1.165, 1.54) is 0 Å². The van der Waals surface area contributed by atoms with Gasteiger partial charge in [0.05, 0.1) is 11.0 Å². The molecule has 1 heterocycles. The summed E-state index contributed by atoms with van der Waals surface area (Å²) in [6.45, 7) is 5.79. The zero-order valence-electron chi connectivity index (χ0n) is 12.9. The molecule has 1 saturated heterocycles. The lowest BCUT2D eigenvalue weighted by Crippen LogP contribution is -2.59. The third-order valence-electron chi connectivity index (χ3n) is 4.86. The Morgan fingerprint density at radius 2 is 1.95 bits per heavy atom. The van der Waals surface area contributed by atoms with Crippen LogP contribution >= 0.6 is 0 Å². The van der Waals surface area contributed by atoms with Crippen molar-refractivity contribution in [1.29, 1.82) is 0 Å². The molecule has 0 aromatic heterocycles. The van der Waals surface area contributed by atoms with E-state index < -0.39 is 11.4 Å². The highest BCUT2D eigenvalue weighted by atomic mass is 16.5. The van der Waals surface area contributed by atoms with Crippen LogP contribution in [0.1, 0.15) is 39.5 Å². The lowest BCUT2D eigenvalue weighted by Gasteiger charge is -2.39. The summed E-state index contributed by atoms with van der Waals surface area (Å²) in [6, 6.07) is 0. The van der Waals surface area contributed by atoms with E-state index in [4.69, 9.17) is 4.74 Å². The number of carboxylic acids is 1. The summed E-state index contributed by atoms with van der Waals surface area (Å²) >= 11 is 0. The van der Waals surface area contributed by atoms with Gasteiger partial charge in [0.2, 0.25) is 5.91 Å². The van der Waals surface area contributed by atoms with Gasteiger partial charge in [0.1, 0.15) is 6.61 Å². The second-order valence-electron chi connectivity index (χ2n) is 6.89. The Hall–Kier alpha value is -1.14. The average Bonchev–Trinajstić information content (AvgIpc) is 2.42. The zero-order chi connectivity index (χ0) is 15.5. The van der Waals surface area contributed by atoms with Gasteiger partial charge in [-0.15, -0.1) is 0 Å². The zero-order valence-corrected chi connectivity index (χ0v) is 12.9. The Bertz CT molecular complexity index is 398. The first kappa shape index (κ1) is 16.2. The SMILES string of the molecule is CC1CCC(CNC(=O)COC2(C)CNC2)(C(=O)O)CC1. The van der Waals surface area contributed by atoms with Crippen LogP contribution in [0.5, 0.6) is 0 Å². The molecule has 0 radical (unpaired) electrons. The number of hydrogen-bond donors (Lipinski definition) is 3. The fourth-order valence-electron chi connectivity index (χ4n) is 2.92. The summed E-state index contributed by atoms with van der Waals surface area (Å²) in [5.74, 6) is -0.462. The second kappa shape index (κ2) is 6.32. The van der Waals surface area contributed by atoms with E-state index in [2.05, 4.69) is 17.6 Å². The van der Waals surface area contributed by atoms with Gasteiger partial charge in [-0.2, -0.15) is 0 Å². The molecule has 21 heavy (non-hydrogen) atoms. The second-order valence-corrected chi connectivity index (χ2v) is 6.89. The predicted molar refractivity (Wildman–Crippen MR) is 77.9 cm³/mol. The third kappa shape index (κ3) is 3.95. The third-order valence-corrected chi connectivity index (χ3v) is 4.86. The number of ether oxygens (including phenoxy) is 1. The summed E-state index contributed by atoms with van der Waals surface area (Å²) in [5, 5.41) is 15.3. The molecule has 6 heteroatoms. The van der Waals surface area contributed by atoms with Crippen LogP contribution < -0.4 is 10.6 Å². The largest absolute Gasteiger partial charge is 0.481 e. The summed E-state index contributed by atoms with van der Waals surface area (Å²) in [6.07, 6.45) is 3.07. The Labute approximate surface area is 125 Å². The van der Waals surface area contributed by atoms with Crippen molar-refractivity contribution in [2.45, 2.75) is 45.1 Å². The minimum absolute atomic E-state index is 0.00964. The monoisotopic (exact) mass is 298 g/mol. The number of aliphatic carboxylic acids is 1. The lowest BCUT2D eigenvalue weighted by molar-refractivity contribution is -0.152. The molecule has 0 aromatic rings. The molecule has 0 bridgehead atoms. The smallest absolute Gasteiger partial charge is 0.311 e. The van der Waals surface area contributed by atoms with E-state index in [0.29, 0.717) is 18.8 Å². The van der Waals surface area contributed by atoms with E-state index in [1.807, 2.05) is 6.92 Å². The quantitative estimate of drug-likeness (QED) is 0.674. The molecule has 2 rings (SSSR count). The maximum atomic E-state index is 11.9. The highest BCUT2D eigenvalue weighted by Gasteiger charge is 2.41. The van der Waals surface area contributed by atoms with Crippen LogP contribution in [0.4, 0.5) is 0 Å². The Morgan fingerprint density at radius 1 is 1.33 bits per heavy atom. The van der Waals surface area contributed by atoms with Crippen molar-refractivity contribution in [3.8, 4) is 0 Å². The first-order valence-corrected chi connectivity index (χ1v) is 7.70. The Balaban J connectivity index is 1.79. The van der Waals surface area contributed by atoms with Crippen molar-refractivity contribution < 1.29 is 19.4 Å². The van der Waals surface area contributed by atoms with E-state index in [0.717, 1.165) is 25.9 Å². The number of hydrogen-bond acceptors (Lipinski definition) is 4. The predicted octanol–water partition coefficient (Wildman–Crippen LogP) is 0.762. The molecule has 1 aliphatic heterocycles. The van der Waals surface area contributed by atoms with Crippen LogP contribution in [-0.4, -0.2) is 48.8 Å². The molecule has 6 nitrogen and oxygen atoms in total. The lowest BCUT2D eigenvalue weighted by atomic mass is 9.71. The number of rotatable bonds is 6. The molecule has 2 aliphatic rings. The fourth-order valence-corrected chi connectivity index (χ4v) is 2.92. The number of carboxylic acid groups (broad SMARTS) is 1. The molecule has 1 saturated carbocycles. The Kier molecular flexibility index (Phi) is 4.88. The van der Waals surface area contributed by atoms with Crippen LogP contribution in [-0.2, 0) is 14.3 Å². The van der Waals surface area contributed by atoms with Gasteiger partial charge in [-0.05, 0) is 38.5 Å². The van der Waals surface area contributed by atoms with Gasteiger partial charge in [-0.25, -0.2) is 0 Å². The normalized spacial score (nSPS) is 31.2. The molecule has 3 N–H and O–H groups in total. The fraction of sp³-hybridized carbons (Fsp3) is 0.867. The Morgan fingerprint density at radius 3 is 2.43 bits per heavy atom. The first-order chi connectivity index (χ1) is 9.85. The van der Waals surface area contributed by atoms with E-state index in [9.17, 15) is 14.7 Å². The van der Waals surface area contributed by atoms with E-state index in [-0.39, 0.29) is 24.7 Å². The minimum atomic E-state index is -0.801. The highest BCUT2D eigenvalue weighted by molar-refractivity contribution is 5.79. The molecule has 2 fully saturated rings. The summed E-state index contributed by atoms with van der Waals surface area (Å²) in [7, 11) is 0. The van der Waals surface area contributed by atoms with Crippen LogP contribution in [0.15, 0.2) is 0 Å². The van der Waals surface area contributed by atoms with Crippen LogP contribution in [0.3, 0.4) is 0 Å². The van der Waals surface area contributed by atoms with Gasteiger partial charge in [0, 0.05) is 19.6 Å². The summed E-state index contributed by atoms with van der Waals surface area (Å²) in [5.41, 5.74) is -1.06. The van der Waals surface area contributed by atoms with E-state index in [1.54, 1.807) is 0 Å². The minimum Gasteiger partial charge on any atom is -0.481 e. The maximum absolute atomic E-state index is 11.9. The van der Waals surface area contributed by atoms with Gasteiger partial charge in [0.25, 0.3) is 0 Å². The van der Waals surface area contributed by atoms with Crippen molar-refractivity contribution in [3.63, 3.8) is 0 Å². The van der Waals surface area contributed by atoms with Gasteiger partial charge < -0.3 is 20.5 Å². The van der Waals surface area contributed by atoms with Crippen molar-refractivity contribution in [2.24, 2.45) is 11.3 Å². The van der Waals surface area contributed by atoms with E-state index >= 15 is 0 Å². The van der Waals surface area contributed by atoms with Crippen molar-refractivity contribution >= 4 is 11.9 Å². The van der Waals surface area contributed by atoms with Crippen molar-refractivity contribution in [3.05, 3.63) is 0 Å². The molecule has 1 amide bonds. The van der Waals surface area contributed by atoms with Crippen molar-refractivity contribution in [1.82, 2.24) is 10.6 Å². The molecule has 0 spiro atoms. The van der Waals surface area contributed by atoms with Crippen molar-refractivity contribution in [2.75, 3.05) is 26.2 Å². The van der Waals surface area contributed by atoms with Crippen LogP contribution in [0.2, 0.25) is 0 Å². The standard InChI is InChI=1S/C15H26N2O4/c1-11-3-5-15(6-4-11,13(19)20)10-17-12(18)7-21-14(2)8-16-9-14/h11,16H,3-10H2,1-2H3,(H,17,18)(H,19,20). The number of carbonyl (C=O) groups is 2. The van der Waals surface area contributed by atoms with Crippen LogP contribution in [0, 0.1) is 11.3 Å². The highest BCUT2D eigenvalue weighted by Crippen LogP contribution is 2.38. The number of nitrogens with one attached hydrogen (secondary N) is 2. The molecule has 1 aliphatic carbocycles. The summed E-state index contributed by atoms with van der Waals surface area (Å²) in [4.78, 5) is 23.4. The number of carbonyl (C=O) groups excluding carboxylic acids is 1. The molecular formula is C15H26N2O4. The summed E-state index contributed by atoms with van der Waals surface area (Å²) < 4.78 is 5.56. The molecular weight excluding hydrogens is 272 g/mol. The van der Waals surface area contributed by atoms with Gasteiger partial charge >= 0.3 is 5.97 Å². The molecule has 0 atom stereocenters.